The van der Waals surface area contributed by atoms with Gasteiger partial charge in [-0.15, -0.1) is 0 Å². The molecule has 0 bridgehead atoms. The van der Waals surface area contributed by atoms with E-state index in [1.165, 1.54) is 62.6 Å². The Bertz CT molecular complexity index is 1150. The topological polar surface area (TPSA) is 113 Å². The maximum absolute atomic E-state index is 14.0. The Morgan fingerprint density at radius 3 is 2.24 bits per heavy atom. The fraction of sp³-hybridized carbons (Fsp3) is 0.381. The number of rotatable bonds is 12. The molecule has 2 aromatic rings. The Labute approximate surface area is 194 Å². The average molecular weight is 502 g/mol. The molecular weight excluding hydrogens is 473 g/mol. The Kier molecular flexibility index (Phi) is 9.20. The fourth-order valence-corrected chi connectivity index (χ4v) is 4.74. The molecule has 0 unspecified atom stereocenters. The van der Waals surface area contributed by atoms with Crippen LogP contribution in [-0.2, 0) is 24.8 Å². The van der Waals surface area contributed by atoms with E-state index < -0.39 is 25.9 Å². The van der Waals surface area contributed by atoms with Crippen molar-refractivity contribution < 1.29 is 30.8 Å². The molecule has 0 heterocycles. The summed E-state index contributed by atoms with van der Waals surface area (Å²) in [5, 5.41) is 2.66. The van der Waals surface area contributed by atoms with E-state index in [2.05, 4.69) is 5.32 Å². The SMILES string of the molecule is CN(C)S(=O)(=O)c1ccc(OCCNC(=O)CCCN(c2ccccc2F)S(C)(=O)=O)cc1. The molecule has 1 N–H and O–H groups in total. The number of para-hydroxylation sites is 1. The van der Waals surface area contributed by atoms with Crippen LogP contribution in [0.2, 0.25) is 0 Å². The van der Waals surface area contributed by atoms with E-state index >= 15 is 0 Å². The minimum Gasteiger partial charge on any atom is -0.492 e. The zero-order valence-electron chi connectivity index (χ0n) is 18.7. The van der Waals surface area contributed by atoms with Gasteiger partial charge in [0.25, 0.3) is 0 Å². The number of ether oxygens (including phenoxy) is 1. The van der Waals surface area contributed by atoms with Gasteiger partial charge in [0.1, 0.15) is 18.2 Å². The summed E-state index contributed by atoms with van der Waals surface area (Å²) < 4.78 is 69.7. The Morgan fingerprint density at radius 1 is 1.03 bits per heavy atom. The number of benzene rings is 2. The highest BCUT2D eigenvalue weighted by Gasteiger charge is 2.20. The van der Waals surface area contributed by atoms with E-state index in [9.17, 15) is 26.0 Å². The summed E-state index contributed by atoms with van der Waals surface area (Å²) in [6, 6.07) is 11.5. The van der Waals surface area contributed by atoms with Gasteiger partial charge >= 0.3 is 0 Å². The van der Waals surface area contributed by atoms with Crippen molar-refractivity contribution in [3.8, 4) is 5.75 Å². The third kappa shape index (κ3) is 7.69. The summed E-state index contributed by atoms with van der Waals surface area (Å²) in [4.78, 5) is 12.2. The van der Waals surface area contributed by atoms with Crippen molar-refractivity contribution in [2.75, 3.05) is 44.4 Å². The van der Waals surface area contributed by atoms with E-state index in [4.69, 9.17) is 4.74 Å². The molecule has 182 valence electrons. The summed E-state index contributed by atoms with van der Waals surface area (Å²) in [5.41, 5.74) is -0.0572. The van der Waals surface area contributed by atoms with Crippen molar-refractivity contribution in [3.63, 3.8) is 0 Å². The van der Waals surface area contributed by atoms with Crippen LogP contribution in [0.1, 0.15) is 12.8 Å². The number of nitrogens with one attached hydrogen (secondary N) is 1. The highest BCUT2D eigenvalue weighted by Crippen LogP contribution is 2.22. The second-order valence-corrected chi connectivity index (χ2v) is 11.4. The van der Waals surface area contributed by atoms with Crippen LogP contribution in [0.15, 0.2) is 53.4 Å². The van der Waals surface area contributed by atoms with E-state index in [1.807, 2.05) is 0 Å². The summed E-state index contributed by atoms with van der Waals surface area (Å²) in [6.45, 7) is 0.335. The lowest BCUT2D eigenvalue weighted by Crippen LogP contribution is -2.33. The van der Waals surface area contributed by atoms with Gasteiger partial charge in [-0.05, 0) is 42.8 Å². The first-order valence-corrected chi connectivity index (χ1v) is 13.4. The molecular formula is C21H28FN3O6S2. The Morgan fingerprint density at radius 2 is 1.67 bits per heavy atom. The van der Waals surface area contributed by atoms with Crippen LogP contribution in [0, 0.1) is 5.82 Å². The monoisotopic (exact) mass is 501 g/mol. The van der Waals surface area contributed by atoms with Crippen molar-refractivity contribution in [2.45, 2.75) is 17.7 Å². The first-order valence-electron chi connectivity index (χ1n) is 10.1. The van der Waals surface area contributed by atoms with Gasteiger partial charge in [-0.25, -0.2) is 25.5 Å². The number of sulfonamides is 2. The first kappa shape index (κ1) is 26.6. The van der Waals surface area contributed by atoms with Crippen LogP contribution in [0.4, 0.5) is 10.1 Å². The fourth-order valence-electron chi connectivity index (χ4n) is 2.87. The number of carbonyl (C=O) groups is 1. The third-order valence-corrected chi connectivity index (χ3v) is 7.59. The molecule has 2 rings (SSSR count). The van der Waals surface area contributed by atoms with E-state index in [-0.39, 0.29) is 49.0 Å². The number of amides is 1. The van der Waals surface area contributed by atoms with Gasteiger partial charge in [0.15, 0.2) is 0 Å². The van der Waals surface area contributed by atoms with Gasteiger partial charge in [-0.2, -0.15) is 0 Å². The number of hydrogen-bond donors (Lipinski definition) is 1. The van der Waals surface area contributed by atoms with Gasteiger partial charge in [0, 0.05) is 27.1 Å². The first-order chi connectivity index (χ1) is 15.4. The molecule has 0 atom stereocenters. The Hall–Kier alpha value is -2.70. The molecule has 0 aliphatic carbocycles. The third-order valence-electron chi connectivity index (χ3n) is 4.58. The van der Waals surface area contributed by atoms with Crippen LogP contribution in [0.5, 0.6) is 5.75 Å². The van der Waals surface area contributed by atoms with Gasteiger partial charge < -0.3 is 10.1 Å². The van der Waals surface area contributed by atoms with E-state index in [0.29, 0.717) is 5.75 Å². The highest BCUT2D eigenvalue weighted by molar-refractivity contribution is 7.92. The van der Waals surface area contributed by atoms with Crippen molar-refractivity contribution in [1.29, 1.82) is 0 Å². The van der Waals surface area contributed by atoms with Gasteiger partial charge in [0.2, 0.25) is 26.0 Å². The predicted octanol–water partition coefficient (Wildman–Crippen LogP) is 1.82. The normalized spacial score (nSPS) is 11.9. The maximum Gasteiger partial charge on any atom is 0.242 e. The lowest BCUT2D eigenvalue weighted by molar-refractivity contribution is -0.121. The van der Waals surface area contributed by atoms with Crippen molar-refractivity contribution in [1.82, 2.24) is 9.62 Å². The maximum atomic E-state index is 14.0. The zero-order chi connectivity index (χ0) is 24.6. The molecule has 9 nitrogen and oxygen atoms in total. The van der Waals surface area contributed by atoms with Crippen LogP contribution in [0.25, 0.3) is 0 Å². The van der Waals surface area contributed by atoms with Crippen molar-refractivity contribution in [3.05, 3.63) is 54.3 Å². The minimum absolute atomic E-state index is 0.0358. The molecule has 0 aliphatic rings. The number of nitrogens with zero attached hydrogens (tertiary/aromatic N) is 2. The average Bonchev–Trinajstić information content (AvgIpc) is 2.74. The van der Waals surface area contributed by atoms with E-state index in [1.54, 1.807) is 0 Å². The molecule has 1 amide bonds. The second-order valence-electron chi connectivity index (χ2n) is 7.35. The molecule has 0 saturated heterocycles. The second kappa shape index (κ2) is 11.4. The highest BCUT2D eigenvalue weighted by atomic mass is 32.2. The Balaban J connectivity index is 1.77. The quantitative estimate of drug-likeness (QED) is 0.444. The van der Waals surface area contributed by atoms with Gasteiger partial charge in [-0.3, -0.25) is 9.10 Å². The predicted molar refractivity (Wildman–Crippen MR) is 124 cm³/mol. The van der Waals surface area contributed by atoms with E-state index in [0.717, 1.165) is 14.9 Å². The summed E-state index contributed by atoms with van der Waals surface area (Å²) >= 11 is 0. The van der Waals surface area contributed by atoms with Gasteiger partial charge in [0.05, 0.1) is 23.4 Å². The van der Waals surface area contributed by atoms with Gasteiger partial charge in [-0.1, -0.05) is 12.1 Å². The smallest absolute Gasteiger partial charge is 0.242 e. The standard InChI is InChI=1S/C21H28FN3O6S2/c1-24(2)33(29,30)18-12-10-17(11-13-18)31-16-14-23-21(26)9-6-15-25(32(3,27)28)20-8-5-4-7-19(20)22/h4-5,7-8,10-13H,6,9,14-16H2,1-3H3,(H,23,26). The minimum atomic E-state index is -3.71. The zero-order valence-corrected chi connectivity index (χ0v) is 20.3. The summed E-state index contributed by atoms with van der Waals surface area (Å²) in [5.74, 6) is -0.500. The molecule has 0 aliphatic heterocycles. The number of carbonyl (C=O) groups excluding carboxylic acids is 1. The summed E-state index contributed by atoms with van der Waals surface area (Å²) in [7, 11) is -4.33. The van der Waals surface area contributed by atoms with Crippen LogP contribution < -0.4 is 14.4 Å². The van der Waals surface area contributed by atoms with Crippen LogP contribution in [-0.4, -0.2) is 67.1 Å². The molecule has 0 aromatic heterocycles. The molecule has 0 radical (unpaired) electrons. The molecule has 0 fully saturated rings. The lowest BCUT2D eigenvalue weighted by Gasteiger charge is -2.22. The number of hydrogen-bond acceptors (Lipinski definition) is 6. The number of halogens is 1. The number of anilines is 1. The lowest BCUT2D eigenvalue weighted by atomic mass is 10.2. The molecule has 0 spiro atoms. The molecule has 12 heteroatoms. The largest absolute Gasteiger partial charge is 0.492 e. The van der Waals surface area contributed by atoms with Crippen LogP contribution >= 0.6 is 0 Å². The van der Waals surface area contributed by atoms with Crippen LogP contribution in [0.3, 0.4) is 0 Å². The summed E-state index contributed by atoms with van der Waals surface area (Å²) in [6.07, 6.45) is 1.24. The van der Waals surface area contributed by atoms with Crippen molar-refractivity contribution >= 4 is 31.6 Å². The molecule has 0 saturated carbocycles. The molecule has 2 aromatic carbocycles. The molecule has 33 heavy (non-hydrogen) atoms. The van der Waals surface area contributed by atoms with Crippen molar-refractivity contribution in [2.24, 2.45) is 0 Å².